The number of hydrogen-bond donors (Lipinski definition) is 0. The molecular weight excluding hydrogens is 264 g/mol. The summed E-state index contributed by atoms with van der Waals surface area (Å²) in [5.74, 6) is 2.69. The number of rotatable bonds is 2. The summed E-state index contributed by atoms with van der Waals surface area (Å²) in [6.45, 7) is 2.24. The van der Waals surface area contributed by atoms with Crippen molar-refractivity contribution in [2.45, 2.75) is 25.4 Å². The van der Waals surface area contributed by atoms with E-state index in [1.54, 1.807) is 0 Å². The van der Waals surface area contributed by atoms with Gasteiger partial charge >= 0.3 is 0 Å². The summed E-state index contributed by atoms with van der Waals surface area (Å²) in [5, 5.41) is 0. The minimum absolute atomic E-state index is 0.0865. The van der Waals surface area contributed by atoms with Crippen LogP contribution in [0.3, 0.4) is 0 Å². The second-order valence-electron chi connectivity index (χ2n) is 5.10. The average molecular weight is 283 g/mol. The molecule has 19 heavy (non-hydrogen) atoms. The van der Waals surface area contributed by atoms with Crippen LogP contribution in [0, 0.1) is 5.92 Å². The van der Waals surface area contributed by atoms with E-state index >= 15 is 0 Å². The molecule has 1 aromatic rings. The van der Waals surface area contributed by atoms with Gasteiger partial charge in [0.25, 0.3) is 0 Å². The zero-order chi connectivity index (χ0) is 13.1. The topological polar surface area (TPSA) is 27.7 Å². The third kappa shape index (κ3) is 2.82. The van der Waals surface area contributed by atoms with Gasteiger partial charge in [0.1, 0.15) is 0 Å². The molecule has 0 aliphatic carbocycles. The molecule has 2 aliphatic heterocycles. The fourth-order valence-electron chi connectivity index (χ4n) is 2.73. The molecular formula is C15H19ClO3. The monoisotopic (exact) mass is 282 g/mol. The minimum atomic E-state index is 0.0865. The van der Waals surface area contributed by atoms with Gasteiger partial charge in [0, 0.05) is 24.8 Å². The fourth-order valence-corrected chi connectivity index (χ4v) is 3.04. The second-order valence-corrected chi connectivity index (χ2v) is 5.41. The summed E-state index contributed by atoms with van der Waals surface area (Å²) >= 11 is 6.06. The van der Waals surface area contributed by atoms with Gasteiger partial charge in [0.2, 0.25) is 0 Å². The molecule has 0 spiro atoms. The van der Waals surface area contributed by atoms with Gasteiger partial charge in [0.05, 0.1) is 19.3 Å². The number of halogens is 1. The van der Waals surface area contributed by atoms with Gasteiger partial charge in [-0.3, -0.25) is 0 Å². The van der Waals surface area contributed by atoms with Crippen molar-refractivity contribution in [1.29, 1.82) is 0 Å². The first kappa shape index (κ1) is 13.1. The average Bonchev–Trinajstić information content (AvgIpc) is 2.71. The van der Waals surface area contributed by atoms with Crippen LogP contribution in [0.5, 0.6) is 11.5 Å². The number of fused-ring (bicyclic) bond motifs is 1. The van der Waals surface area contributed by atoms with E-state index in [1.807, 2.05) is 6.07 Å². The quantitative estimate of drug-likeness (QED) is 0.777. The Balaban J connectivity index is 1.86. The first-order valence-corrected chi connectivity index (χ1v) is 7.49. The summed E-state index contributed by atoms with van der Waals surface area (Å²) < 4.78 is 17.3. The Morgan fingerprint density at radius 2 is 1.89 bits per heavy atom. The number of alkyl halides is 1. The fraction of sp³-hybridized carbons (Fsp3) is 0.600. The molecule has 1 saturated heterocycles. The van der Waals surface area contributed by atoms with E-state index in [9.17, 15) is 0 Å². The zero-order valence-corrected chi connectivity index (χ0v) is 11.7. The smallest absolute Gasteiger partial charge is 0.161 e. The molecule has 0 N–H and O–H groups in total. The van der Waals surface area contributed by atoms with Gasteiger partial charge in [-0.15, -0.1) is 11.6 Å². The number of ether oxygens (including phenoxy) is 3. The molecule has 2 aliphatic rings. The molecule has 3 rings (SSSR count). The van der Waals surface area contributed by atoms with Gasteiger partial charge in [-0.2, -0.15) is 0 Å². The molecule has 4 heteroatoms. The lowest BCUT2D eigenvalue weighted by molar-refractivity contribution is -0.0209. The molecule has 3 nitrogen and oxygen atoms in total. The maximum absolute atomic E-state index is 6.06. The van der Waals surface area contributed by atoms with E-state index in [4.69, 9.17) is 25.8 Å². The largest absolute Gasteiger partial charge is 0.490 e. The van der Waals surface area contributed by atoms with Crippen LogP contribution in [0.4, 0.5) is 0 Å². The maximum atomic E-state index is 6.06. The van der Waals surface area contributed by atoms with Crippen LogP contribution in [0.2, 0.25) is 0 Å². The summed E-state index contributed by atoms with van der Waals surface area (Å²) in [5.41, 5.74) is 1.15. The molecule has 0 saturated carbocycles. The molecule has 2 atom stereocenters. The van der Waals surface area contributed by atoms with Crippen molar-refractivity contribution >= 4 is 11.6 Å². The summed E-state index contributed by atoms with van der Waals surface area (Å²) in [6.07, 6.45) is 3.23. The third-order valence-corrected chi connectivity index (χ3v) is 4.14. The van der Waals surface area contributed by atoms with Crippen molar-refractivity contribution in [2.75, 3.05) is 25.7 Å². The van der Waals surface area contributed by atoms with Gasteiger partial charge in [-0.1, -0.05) is 6.07 Å². The van der Waals surface area contributed by atoms with Crippen molar-refractivity contribution in [3.63, 3.8) is 0 Å². The van der Waals surface area contributed by atoms with Crippen LogP contribution >= 0.6 is 11.6 Å². The van der Waals surface area contributed by atoms with E-state index in [1.165, 1.54) is 0 Å². The van der Waals surface area contributed by atoms with Gasteiger partial charge < -0.3 is 14.2 Å². The van der Waals surface area contributed by atoms with Gasteiger partial charge in [-0.25, -0.2) is 0 Å². The predicted molar refractivity (Wildman–Crippen MR) is 74.2 cm³/mol. The molecule has 0 bridgehead atoms. The van der Waals surface area contributed by atoms with E-state index < -0.39 is 0 Å². The van der Waals surface area contributed by atoms with Crippen LogP contribution in [0.25, 0.3) is 0 Å². The SMILES string of the molecule is ClCC1CCCOC1c1ccc2c(c1)OCCCO2. The third-order valence-electron chi connectivity index (χ3n) is 3.74. The van der Waals surface area contributed by atoms with Crippen LogP contribution in [0.1, 0.15) is 30.9 Å². The lowest BCUT2D eigenvalue weighted by atomic mass is 9.91. The second kappa shape index (κ2) is 6.02. The predicted octanol–water partition coefficient (Wildman–Crippen LogP) is 3.55. The number of hydrogen-bond acceptors (Lipinski definition) is 3. The summed E-state index contributed by atoms with van der Waals surface area (Å²) in [6, 6.07) is 6.11. The lowest BCUT2D eigenvalue weighted by Crippen LogP contribution is -2.23. The van der Waals surface area contributed by atoms with Gasteiger partial charge in [-0.05, 0) is 30.5 Å². The Bertz CT molecular complexity index is 435. The molecule has 1 fully saturated rings. The van der Waals surface area contributed by atoms with Crippen molar-refractivity contribution in [2.24, 2.45) is 5.92 Å². The molecule has 2 unspecified atom stereocenters. The standard InChI is InChI=1S/C15H19ClO3/c16-10-12-3-1-6-19-15(12)11-4-5-13-14(9-11)18-8-2-7-17-13/h4-5,9,12,15H,1-3,6-8,10H2. The molecule has 0 aromatic heterocycles. The lowest BCUT2D eigenvalue weighted by Gasteiger charge is -2.31. The number of benzene rings is 1. The molecule has 104 valence electrons. The minimum Gasteiger partial charge on any atom is -0.490 e. The van der Waals surface area contributed by atoms with Crippen LogP contribution in [0.15, 0.2) is 18.2 Å². The summed E-state index contributed by atoms with van der Waals surface area (Å²) in [4.78, 5) is 0. The van der Waals surface area contributed by atoms with E-state index in [2.05, 4.69) is 12.1 Å². The Morgan fingerprint density at radius 3 is 2.74 bits per heavy atom. The molecule has 0 radical (unpaired) electrons. The van der Waals surface area contributed by atoms with Gasteiger partial charge in [0.15, 0.2) is 11.5 Å². The normalized spacial score (nSPS) is 26.8. The van der Waals surface area contributed by atoms with Crippen molar-refractivity contribution < 1.29 is 14.2 Å². The van der Waals surface area contributed by atoms with Crippen LogP contribution in [-0.2, 0) is 4.74 Å². The van der Waals surface area contributed by atoms with E-state index in [0.29, 0.717) is 18.4 Å². The first-order chi connectivity index (χ1) is 9.38. The van der Waals surface area contributed by atoms with Crippen LogP contribution < -0.4 is 9.47 Å². The van der Waals surface area contributed by atoms with Crippen molar-refractivity contribution in [3.8, 4) is 11.5 Å². The highest BCUT2D eigenvalue weighted by Crippen LogP contribution is 2.38. The van der Waals surface area contributed by atoms with Crippen molar-refractivity contribution in [1.82, 2.24) is 0 Å². The Morgan fingerprint density at radius 1 is 1.05 bits per heavy atom. The highest BCUT2D eigenvalue weighted by molar-refractivity contribution is 6.18. The Kier molecular flexibility index (Phi) is 4.14. The summed E-state index contributed by atoms with van der Waals surface area (Å²) in [7, 11) is 0. The Hall–Kier alpha value is -0.930. The Labute approximate surface area is 118 Å². The zero-order valence-electron chi connectivity index (χ0n) is 10.9. The van der Waals surface area contributed by atoms with E-state index in [-0.39, 0.29) is 6.10 Å². The molecule has 2 heterocycles. The van der Waals surface area contributed by atoms with Crippen LogP contribution in [-0.4, -0.2) is 25.7 Å². The molecule has 1 aromatic carbocycles. The van der Waals surface area contributed by atoms with E-state index in [0.717, 1.165) is 49.5 Å². The molecule has 0 amide bonds. The van der Waals surface area contributed by atoms with Crippen molar-refractivity contribution in [3.05, 3.63) is 23.8 Å². The first-order valence-electron chi connectivity index (χ1n) is 6.95. The maximum Gasteiger partial charge on any atom is 0.161 e. The highest BCUT2D eigenvalue weighted by Gasteiger charge is 2.27. The highest BCUT2D eigenvalue weighted by atomic mass is 35.5.